The third kappa shape index (κ3) is 5.71. The van der Waals surface area contributed by atoms with Crippen LogP contribution < -0.4 is 5.32 Å². The quantitative estimate of drug-likeness (QED) is 0.468. The van der Waals surface area contributed by atoms with E-state index < -0.39 is 15.7 Å². The first-order chi connectivity index (χ1) is 16.3. The number of amides is 1. The van der Waals surface area contributed by atoms with Gasteiger partial charge in [-0.1, -0.05) is 54.3 Å². The van der Waals surface area contributed by atoms with Gasteiger partial charge in [-0.15, -0.1) is 0 Å². The van der Waals surface area contributed by atoms with Gasteiger partial charge in [-0.05, 0) is 74.8 Å². The molecule has 1 aliphatic heterocycles. The van der Waals surface area contributed by atoms with E-state index in [0.717, 1.165) is 31.5 Å². The number of hydrogen-bond donors (Lipinski definition) is 1. The lowest BCUT2D eigenvalue weighted by Gasteiger charge is -2.31. The van der Waals surface area contributed by atoms with E-state index in [0.29, 0.717) is 11.6 Å². The smallest absolute Gasteiger partial charge is 0.287 e. The van der Waals surface area contributed by atoms with Crippen LogP contribution in [0, 0.1) is 6.92 Å². The minimum atomic E-state index is -3.88. The Hall–Kier alpha value is -2.61. The number of nitrogens with one attached hydrogen (secondary N) is 1. The normalized spacial score (nSPS) is 16.1. The molecule has 34 heavy (non-hydrogen) atoms. The van der Waals surface area contributed by atoms with Crippen LogP contribution >= 0.6 is 11.6 Å². The Labute approximate surface area is 205 Å². The fourth-order valence-corrected chi connectivity index (χ4v) is 5.55. The van der Waals surface area contributed by atoms with E-state index in [-0.39, 0.29) is 21.8 Å². The number of benzene rings is 2. The maximum atomic E-state index is 12.9. The van der Waals surface area contributed by atoms with E-state index >= 15 is 0 Å². The largest absolute Gasteiger partial charge is 0.439 e. The van der Waals surface area contributed by atoms with Crippen molar-refractivity contribution in [2.24, 2.45) is 0 Å². The second-order valence-corrected chi connectivity index (χ2v) is 11.0. The Balaban J connectivity index is 1.49. The molecule has 0 spiro atoms. The molecule has 1 amide bonds. The molecule has 3 aromatic rings. The summed E-state index contributed by atoms with van der Waals surface area (Å²) in [6.45, 7) is 4.43. The minimum absolute atomic E-state index is 0.0361. The molecular formula is C26H29ClN2O4S. The Morgan fingerprint density at radius 3 is 2.26 bits per heavy atom. The van der Waals surface area contributed by atoms with Crippen molar-refractivity contribution >= 4 is 27.3 Å². The van der Waals surface area contributed by atoms with Gasteiger partial charge in [-0.3, -0.25) is 9.69 Å². The number of halogens is 1. The van der Waals surface area contributed by atoms with Crippen molar-refractivity contribution in [2.75, 3.05) is 19.6 Å². The molecule has 0 aliphatic carbocycles. The van der Waals surface area contributed by atoms with Gasteiger partial charge in [0.2, 0.25) is 14.9 Å². The molecular weight excluding hydrogens is 472 g/mol. The van der Waals surface area contributed by atoms with Gasteiger partial charge in [0.25, 0.3) is 5.91 Å². The molecule has 6 nitrogen and oxygen atoms in total. The predicted octanol–water partition coefficient (Wildman–Crippen LogP) is 5.42. The molecule has 0 saturated carbocycles. The molecule has 2 heterocycles. The summed E-state index contributed by atoms with van der Waals surface area (Å²) in [5, 5.41) is 3.12. The highest BCUT2D eigenvalue weighted by Gasteiger charge is 2.26. The third-order valence-electron chi connectivity index (χ3n) is 6.19. The number of rotatable bonds is 7. The number of likely N-dealkylation sites (tertiary alicyclic amines) is 1. The predicted molar refractivity (Wildman–Crippen MR) is 132 cm³/mol. The minimum Gasteiger partial charge on any atom is -0.439 e. The van der Waals surface area contributed by atoms with Crippen molar-refractivity contribution in [3.63, 3.8) is 0 Å². The first-order valence-electron chi connectivity index (χ1n) is 11.5. The van der Waals surface area contributed by atoms with Gasteiger partial charge in [0.15, 0.2) is 5.76 Å². The van der Waals surface area contributed by atoms with E-state index in [1.54, 1.807) is 0 Å². The van der Waals surface area contributed by atoms with Crippen LogP contribution in [0.4, 0.5) is 0 Å². The highest BCUT2D eigenvalue weighted by atomic mass is 35.5. The van der Waals surface area contributed by atoms with Gasteiger partial charge < -0.3 is 9.73 Å². The number of sulfone groups is 1. The number of carbonyl (C=O) groups is 1. The average Bonchev–Trinajstić information content (AvgIpc) is 3.19. The summed E-state index contributed by atoms with van der Waals surface area (Å²) in [4.78, 5) is 15.4. The molecule has 1 fully saturated rings. The zero-order valence-corrected chi connectivity index (χ0v) is 20.7. The average molecular weight is 501 g/mol. The van der Waals surface area contributed by atoms with Crippen molar-refractivity contribution < 1.29 is 17.6 Å². The van der Waals surface area contributed by atoms with Crippen LogP contribution in [-0.4, -0.2) is 38.9 Å². The number of furan rings is 1. The van der Waals surface area contributed by atoms with Crippen molar-refractivity contribution in [1.29, 1.82) is 0 Å². The van der Waals surface area contributed by atoms with Crippen molar-refractivity contribution in [2.45, 2.75) is 48.6 Å². The van der Waals surface area contributed by atoms with Crippen molar-refractivity contribution in [1.82, 2.24) is 10.2 Å². The highest BCUT2D eigenvalue weighted by Crippen LogP contribution is 2.26. The van der Waals surface area contributed by atoms with Crippen LogP contribution in [0.5, 0.6) is 0 Å². The van der Waals surface area contributed by atoms with Crippen molar-refractivity contribution in [3.05, 3.63) is 82.6 Å². The molecule has 2 aromatic carbocycles. The van der Waals surface area contributed by atoms with E-state index in [1.807, 2.05) is 0 Å². The van der Waals surface area contributed by atoms with Crippen LogP contribution in [-0.2, 0) is 9.84 Å². The van der Waals surface area contributed by atoms with E-state index in [1.165, 1.54) is 54.8 Å². The van der Waals surface area contributed by atoms with Crippen LogP contribution in [0.1, 0.15) is 53.4 Å². The summed E-state index contributed by atoms with van der Waals surface area (Å²) in [5.74, 6) is -0.476. The van der Waals surface area contributed by atoms with Crippen LogP contribution in [0.15, 0.2) is 75.1 Å². The maximum Gasteiger partial charge on any atom is 0.287 e. The Morgan fingerprint density at radius 2 is 1.62 bits per heavy atom. The molecule has 1 atom stereocenters. The molecule has 1 saturated heterocycles. The molecule has 1 aliphatic rings. The van der Waals surface area contributed by atoms with Gasteiger partial charge in [0.05, 0.1) is 10.9 Å². The van der Waals surface area contributed by atoms with Gasteiger partial charge in [-0.2, -0.15) is 0 Å². The molecule has 1 aromatic heterocycles. The molecule has 1 N–H and O–H groups in total. The van der Waals surface area contributed by atoms with Crippen LogP contribution in [0.2, 0.25) is 5.02 Å². The topological polar surface area (TPSA) is 79.6 Å². The lowest BCUT2D eigenvalue weighted by molar-refractivity contribution is 0.0900. The van der Waals surface area contributed by atoms with E-state index in [9.17, 15) is 13.2 Å². The third-order valence-corrected chi connectivity index (χ3v) is 8.09. The molecule has 1 unspecified atom stereocenters. The second-order valence-electron chi connectivity index (χ2n) is 8.66. The molecule has 180 valence electrons. The Bertz CT molecular complexity index is 1210. The summed E-state index contributed by atoms with van der Waals surface area (Å²) < 4.78 is 31.1. The molecule has 0 radical (unpaired) electrons. The van der Waals surface area contributed by atoms with E-state index in [4.69, 9.17) is 16.0 Å². The van der Waals surface area contributed by atoms with Gasteiger partial charge in [-0.25, -0.2) is 8.42 Å². The SMILES string of the molecule is Cc1ccc(C(CNC(=O)c2ccc(S(=O)(=O)c3ccc(Cl)cc3)o2)N2CCCCCC2)cc1. The standard InChI is InChI=1S/C26H29ClN2O4S/c1-19-6-8-20(9-7-19)23(29-16-4-2-3-5-17-29)18-28-26(30)24-14-15-25(33-24)34(31,32)22-12-10-21(27)11-13-22/h6-15,23H,2-5,16-18H2,1H3,(H,28,30). The van der Waals surface area contributed by atoms with Crippen LogP contribution in [0.25, 0.3) is 0 Å². The second kappa shape index (κ2) is 10.8. The summed E-state index contributed by atoms with van der Waals surface area (Å²) in [7, 11) is -3.88. The van der Waals surface area contributed by atoms with E-state index in [2.05, 4.69) is 41.4 Å². The summed E-state index contributed by atoms with van der Waals surface area (Å²) in [5.41, 5.74) is 2.34. The van der Waals surface area contributed by atoms with Gasteiger partial charge >= 0.3 is 0 Å². The zero-order chi connectivity index (χ0) is 24.1. The fourth-order valence-electron chi connectivity index (χ4n) is 4.25. The Kier molecular flexibility index (Phi) is 7.76. The molecule has 8 heteroatoms. The lowest BCUT2D eigenvalue weighted by atomic mass is 10.0. The number of aryl methyl sites for hydroxylation is 1. The highest BCUT2D eigenvalue weighted by molar-refractivity contribution is 7.91. The van der Waals surface area contributed by atoms with Gasteiger partial charge in [0, 0.05) is 11.6 Å². The maximum absolute atomic E-state index is 12.9. The molecule has 4 rings (SSSR count). The first-order valence-corrected chi connectivity index (χ1v) is 13.4. The summed E-state index contributed by atoms with van der Waals surface area (Å²) in [6, 6.07) is 17.0. The number of hydrogen-bond acceptors (Lipinski definition) is 5. The fraction of sp³-hybridized carbons (Fsp3) is 0.346. The van der Waals surface area contributed by atoms with Crippen molar-refractivity contribution in [3.8, 4) is 0 Å². The van der Waals surface area contributed by atoms with Gasteiger partial charge in [0.1, 0.15) is 0 Å². The van der Waals surface area contributed by atoms with Crippen LogP contribution in [0.3, 0.4) is 0 Å². The summed E-state index contributed by atoms with van der Waals surface area (Å²) >= 11 is 5.86. The first kappa shape index (κ1) is 24.5. The summed E-state index contributed by atoms with van der Waals surface area (Å²) in [6.07, 6.45) is 4.72. The number of carbonyl (C=O) groups excluding carboxylic acids is 1. The lowest BCUT2D eigenvalue weighted by Crippen LogP contribution is -2.38. The number of nitrogens with zero attached hydrogens (tertiary/aromatic N) is 1. The monoisotopic (exact) mass is 500 g/mol. The Morgan fingerprint density at radius 1 is 0.971 bits per heavy atom. The zero-order valence-electron chi connectivity index (χ0n) is 19.2. The molecule has 0 bridgehead atoms.